The molecule has 102 valence electrons. The van der Waals surface area contributed by atoms with Crippen LogP contribution < -0.4 is 5.32 Å². The van der Waals surface area contributed by atoms with Crippen LogP contribution in [-0.4, -0.2) is 12.6 Å². The lowest BCUT2D eigenvalue weighted by Crippen LogP contribution is -2.36. The molecule has 1 heteroatoms. The van der Waals surface area contributed by atoms with Crippen LogP contribution >= 0.6 is 0 Å². The van der Waals surface area contributed by atoms with E-state index >= 15 is 0 Å². The zero-order valence-corrected chi connectivity index (χ0v) is 12.0. The van der Waals surface area contributed by atoms with E-state index < -0.39 is 0 Å². The van der Waals surface area contributed by atoms with Gasteiger partial charge in [0.05, 0.1) is 0 Å². The molecule has 0 bridgehead atoms. The first-order valence-electron chi connectivity index (χ1n) is 7.61. The first-order valence-corrected chi connectivity index (χ1v) is 7.61. The van der Waals surface area contributed by atoms with E-state index in [1.54, 1.807) is 11.1 Å². The van der Waals surface area contributed by atoms with Crippen molar-refractivity contribution in [3.8, 4) is 12.3 Å². The second-order valence-corrected chi connectivity index (χ2v) is 5.46. The molecule has 2 rings (SSSR count). The van der Waals surface area contributed by atoms with Crippen molar-refractivity contribution in [1.29, 1.82) is 0 Å². The molecule has 1 nitrogen and oxygen atoms in total. The van der Waals surface area contributed by atoms with E-state index in [-0.39, 0.29) is 0 Å². The van der Waals surface area contributed by atoms with Crippen molar-refractivity contribution in [3.05, 3.63) is 35.4 Å². The third-order valence-corrected chi connectivity index (χ3v) is 4.20. The Balaban J connectivity index is 2.11. The third-order valence-electron chi connectivity index (χ3n) is 4.20. The molecule has 2 unspecified atom stereocenters. The van der Waals surface area contributed by atoms with Gasteiger partial charge in [0, 0.05) is 12.5 Å². The van der Waals surface area contributed by atoms with Gasteiger partial charge in [-0.3, -0.25) is 0 Å². The van der Waals surface area contributed by atoms with E-state index in [1.807, 2.05) is 0 Å². The number of hydrogen-bond acceptors (Lipinski definition) is 1. The molecule has 2 atom stereocenters. The van der Waals surface area contributed by atoms with Gasteiger partial charge in [-0.15, -0.1) is 12.3 Å². The molecule has 1 aliphatic carbocycles. The summed E-state index contributed by atoms with van der Waals surface area (Å²) in [5, 5.41) is 3.68. The number of unbranched alkanes of at least 4 members (excludes halogenated alkanes) is 1. The van der Waals surface area contributed by atoms with E-state index in [9.17, 15) is 0 Å². The van der Waals surface area contributed by atoms with E-state index in [2.05, 4.69) is 42.4 Å². The van der Waals surface area contributed by atoms with Gasteiger partial charge in [-0.05, 0) is 55.7 Å². The lowest BCUT2D eigenvalue weighted by atomic mass is 9.77. The molecule has 19 heavy (non-hydrogen) atoms. The third kappa shape index (κ3) is 3.61. The Bertz CT molecular complexity index is 430. The zero-order chi connectivity index (χ0) is 13.5. The normalized spacial score (nSPS) is 19.5. The Kier molecular flexibility index (Phi) is 5.48. The van der Waals surface area contributed by atoms with Crippen molar-refractivity contribution in [2.45, 2.75) is 57.4 Å². The summed E-state index contributed by atoms with van der Waals surface area (Å²) in [4.78, 5) is 0. The molecule has 1 aliphatic rings. The van der Waals surface area contributed by atoms with Gasteiger partial charge < -0.3 is 5.32 Å². The Labute approximate surface area is 117 Å². The smallest absolute Gasteiger partial charge is 0.0136 e. The van der Waals surface area contributed by atoms with Crippen LogP contribution in [-0.2, 0) is 6.42 Å². The maximum absolute atomic E-state index is 5.37. The maximum Gasteiger partial charge on any atom is 0.0136 e. The summed E-state index contributed by atoms with van der Waals surface area (Å²) < 4.78 is 0. The number of hydrogen-bond donors (Lipinski definition) is 1. The summed E-state index contributed by atoms with van der Waals surface area (Å²) in [7, 11) is 0. The monoisotopic (exact) mass is 255 g/mol. The topological polar surface area (TPSA) is 12.0 Å². The molecule has 0 heterocycles. The van der Waals surface area contributed by atoms with Crippen LogP contribution in [0.5, 0.6) is 0 Å². The van der Waals surface area contributed by atoms with Crippen LogP contribution in [0.2, 0.25) is 0 Å². The van der Waals surface area contributed by atoms with Gasteiger partial charge in [-0.1, -0.05) is 31.2 Å². The van der Waals surface area contributed by atoms with Gasteiger partial charge in [0.25, 0.3) is 0 Å². The van der Waals surface area contributed by atoms with Gasteiger partial charge in [0.15, 0.2) is 0 Å². The minimum atomic E-state index is 0.583. The van der Waals surface area contributed by atoms with Gasteiger partial charge in [-0.2, -0.15) is 0 Å². The highest BCUT2D eigenvalue weighted by Crippen LogP contribution is 2.35. The molecule has 0 fully saturated rings. The lowest BCUT2D eigenvalue weighted by Gasteiger charge is -2.33. The Morgan fingerprint density at radius 1 is 1.42 bits per heavy atom. The number of nitrogens with one attached hydrogen (secondary N) is 1. The number of terminal acetylenes is 1. The summed E-state index contributed by atoms with van der Waals surface area (Å²) in [6, 6.07) is 9.56. The first kappa shape index (κ1) is 14.2. The molecule has 0 aliphatic heterocycles. The minimum Gasteiger partial charge on any atom is -0.314 e. The number of likely N-dealkylation sites (N-methyl/N-ethyl adjacent to an activating group) is 1. The molecular weight excluding hydrogens is 230 g/mol. The van der Waals surface area contributed by atoms with E-state index in [0.29, 0.717) is 12.0 Å². The Morgan fingerprint density at radius 3 is 3.05 bits per heavy atom. The van der Waals surface area contributed by atoms with Crippen LogP contribution in [0, 0.1) is 12.3 Å². The van der Waals surface area contributed by atoms with Gasteiger partial charge in [0.1, 0.15) is 0 Å². The van der Waals surface area contributed by atoms with Crippen molar-refractivity contribution in [1.82, 2.24) is 5.32 Å². The van der Waals surface area contributed by atoms with E-state index in [0.717, 1.165) is 19.4 Å². The van der Waals surface area contributed by atoms with Crippen molar-refractivity contribution in [2.75, 3.05) is 6.54 Å². The van der Waals surface area contributed by atoms with E-state index in [4.69, 9.17) is 6.42 Å². The highest BCUT2D eigenvalue weighted by Gasteiger charge is 2.26. The zero-order valence-electron chi connectivity index (χ0n) is 12.0. The molecular formula is C18H25N. The van der Waals surface area contributed by atoms with Crippen LogP contribution in [0.15, 0.2) is 24.3 Å². The van der Waals surface area contributed by atoms with Crippen molar-refractivity contribution >= 4 is 0 Å². The fourth-order valence-corrected chi connectivity index (χ4v) is 3.34. The molecule has 0 spiro atoms. The Hall–Kier alpha value is -1.26. The molecule has 1 aromatic carbocycles. The Morgan fingerprint density at radius 2 is 2.26 bits per heavy atom. The van der Waals surface area contributed by atoms with Crippen molar-refractivity contribution < 1.29 is 0 Å². The summed E-state index contributed by atoms with van der Waals surface area (Å²) in [5.74, 6) is 3.43. The second kappa shape index (κ2) is 7.36. The van der Waals surface area contributed by atoms with E-state index in [1.165, 1.54) is 25.7 Å². The number of fused-ring (bicyclic) bond motifs is 1. The SMILES string of the molecule is C#CCCCC(NCC)C1CCCc2ccccc21. The van der Waals surface area contributed by atoms with Crippen molar-refractivity contribution in [3.63, 3.8) is 0 Å². The summed E-state index contributed by atoms with van der Waals surface area (Å²) in [6.45, 7) is 3.24. The molecule has 1 aromatic rings. The fraction of sp³-hybridized carbons (Fsp3) is 0.556. The summed E-state index contributed by atoms with van der Waals surface area (Å²) in [5.41, 5.74) is 3.12. The average molecular weight is 255 g/mol. The average Bonchev–Trinajstić information content (AvgIpc) is 2.46. The summed E-state index contributed by atoms with van der Waals surface area (Å²) in [6.07, 6.45) is 12.5. The quantitative estimate of drug-likeness (QED) is 0.600. The predicted molar refractivity (Wildman–Crippen MR) is 82.3 cm³/mol. The van der Waals surface area contributed by atoms with Crippen LogP contribution in [0.3, 0.4) is 0 Å². The first-order chi connectivity index (χ1) is 9.36. The molecule has 0 saturated carbocycles. The second-order valence-electron chi connectivity index (χ2n) is 5.46. The molecule has 1 N–H and O–H groups in total. The maximum atomic E-state index is 5.37. The van der Waals surface area contributed by atoms with Gasteiger partial charge in [-0.25, -0.2) is 0 Å². The number of rotatable bonds is 6. The van der Waals surface area contributed by atoms with Crippen molar-refractivity contribution in [2.24, 2.45) is 0 Å². The van der Waals surface area contributed by atoms with Crippen LogP contribution in [0.4, 0.5) is 0 Å². The van der Waals surface area contributed by atoms with Gasteiger partial charge >= 0.3 is 0 Å². The standard InChI is InChI=1S/C18H25N/c1-3-5-6-14-18(19-4-2)17-13-9-11-15-10-7-8-12-16(15)17/h1,7-8,10,12,17-19H,4-6,9,11,13-14H2,2H3. The molecule has 0 saturated heterocycles. The predicted octanol–water partition coefficient (Wildman–Crippen LogP) is 3.89. The molecule has 0 aromatic heterocycles. The minimum absolute atomic E-state index is 0.583. The molecule has 0 amide bonds. The largest absolute Gasteiger partial charge is 0.314 e. The summed E-state index contributed by atoms with van der Waals surface area (Å²) >= 11 is 0. The fourth-order valence-electron chi connectivity index (χ4n) is 3.34. The highest BCUT2D eigenvalue weighted by atomic mass is 14.9. The number of aryl methyl sites for hydroxylation is 1. The van der Waals surface area contributed by atoms with Crippen LogP contribution in [0.25, 0.3) is 0 Å². The van der Waals surface area contributed by atoms with Crippen LogP contribution in [0.1, 0.15) is 56.1 Å². The molecule has 0 radical (unpaired) electrons. The highest BCUT2D eigenvalue weighted by molar-refractivity contribution is 5.33. The number of benzene rings is 1. The van der Waals surface area contributed by atoms with Gasteiger partial charge in [0.2, 0.25) is 0 Å². The lowest BCUT2D eigenvalue weighted by molar-refractivity contribution is 0.373.